The zero-order valence-corrected chi connectivity index (χ0v) is 16.4. The zero-order valence-electron chi connectivity index (χ0n) is 16.4. The number of rotatable bonds is 11. The van der Waals surface area contributed by atoms with Crippen LogP contribution in [0, 0.1) is 0 Å². The molecule has 0 spiro atoms. The summed E-state index contributed by atoms with van der Waals surface area (Å²) < 4.78 is 21.7. The summed E-state index contributed by atoms with van der Waals surface area (Å²) in [6, 6.07) is 10.8. The average Bonchev–Trinajstić information content (AvgIpc) is 2.75. The van der Waals surface area contributed by atoms with Crippen LogP contribution in [-0.2, 0) is 9.47 Å². The molecule has 0 saturated carbocycles. The van der Waals surface area contributed by atoms with Crippen molar-refractivity contribution in [2.24, 2.45) is 0 Å². The van der Waals surface area contributed by atoms with Crippen molar-refractivity contribution in [2.75, 3.05) is 46.0 Å². The second-order valence-electron chi connectivity index (χ2n) is 6.09. The molecule has 0 saturated heterocycles. The molecule has 0 unspecified atom stereocenters. The molecule has 0 amide bonds. The topological polar surface area (TPSA) is 91.8 Å². The lowest BCUT2D eigenvalue weighted by molar-refractivity contribution is 0.112. The highest BCUT2D eigenvalue weighted by Crippen LogP contribution is 2.35. The number of anilines is 2. The molecular weight excluding hydrogens is 374 g/mol. The van der Waals surface area contributed by atoms with Crippen LogP contribution >= 0.6 is 0 Å². The number of carbonyl (C=O) groups is 1. The molecule has 0 atom stereocenters. The summed E-state index contributed by atoms with van der Waals surface area (Å²) in [6.07, 6.45) is 2.27. The fraction of sp³-hybridized carbons (Fsp3) is 0.286. The van der Waals surface area contributed by atoms with E-state index >= 15 is 0 Å². The SMILES string of the molecule is COCCOc1cc2ncnc(Nc3cccc(C=O)c3)c2cc1OCCOC. The van der Waals surface area contributed by atoms with Crippen molar-refractivity contribution >= 4 is 28.7 Å². The first kappa shape index (κ1) is 20.5. The molecule has 8 nitrogen and oxygen atoms in total. The maximum absolute atomic E-state index is 11.0. The quantitative estimate of drug-likeness (QED) is 0.389. The Morgan fingerprint density at radius 1 is 0.931 bits per heavy atom. The van der Waals surface area contributed by atoms with Crippen LogP contribution in [0.3, 0.4) is 0 Å². The molecule has 1 aromatic heterocycles. The second-order valence-corrected chi connectivity index (χ2v) is 6.09. The molecule has 152 valence electrons. The van der Waals surface area contributed by atoms with Gasteiger partial charge in [-0.25, -0.2) is 9.97 Å². The van der Waals surface area contributed by atoms with E-state index in [2.05, 4.69) is 15.3 Å². The lowest BCUT2D eigenvalue weighted by atomic mass is 10.2. The van der Waals surface area contributed by atoms with Crippen LogP contribution in [0.4, 0.5) is 11.5 Å². The van der Waals surface area contributed by atoms with Crippen molar-refractivity contribution in [3.63, 3.8) is 0 Å². The Bertz CT molecular complexity index is 964. The number of benzene rings is 2. The Labute approximate surface area is 168 Å². The third kappa shape index (κ3) is 5.40. The van der Waals surface area contributed by atoms with Crippen LogP contribution in [-0.4, -0.2) is 56.9 Å². The predicted octanol–water partition coefficient (Wildman–Crippen LogP) is 3.24. The van der Waals surface area contributed by atoms with Crippen LogP contribution in [0.1, 0.15) is 10.4 Å². The largest absolute Gasteiger partial charge is 0.487 e. The first-order valence-electron chi connectivity index (χ1n) is 9.09. The number of nitrogens with one attached hydrogen (secondary N) is 1. The molecule has 3 aromatic rings. The van der Waals surface area contributed by atoms with Gasteiger partial charge in [-0.1, -0.05) is 12.1 Å². The summed E-state index contributed by atoms with van der Waals surface area (Å²) in [4.78, 5) is 19.7. The van der Waals surface area contributed by atoms with Gasteiger partial charge in [-0.15, -0.1) is 0 Å². The number of aldehydes is 1. The van der Waals surface area contributed by atoms with Gasteiger partial charge in [0.25, 0.3) is 0 Å². The molecule has 3 rings (SSSR count). The predicted molar refractivity (Wildman–Crippen MR) is 109 cm³/mol. The van der Waals surface area contributed by atoms with Gasteiger partial charge >= 0.3 is 0 Å². The minimum atomic E-state index is 0.375. The van der Waals surface area contributed by atoms with Gasteiger partial charge in [-0.2, -0.15) is 0 Å². The van der Waals surface area contributed by atoms with E-state index in [4.69, 9.17) is 18.9 Å². The van der Waals surface area contributed by atoms with E-state index in [-0.39, 0.29) is 0 Å². The van der Waals surface area contributed by atoms with E-state index in [1.807, 2.05) is 18.2 Å². The van der Waals surface area contributed by atoms with Crippen molar-refractivity contribution in [3.05, 3.63) is 48.3 Å². The lowest BCUT2D eigenvalue weighted by Gasteiger charge is -2.15. The number of hydrogen-bond acceptors (Lipinski definition) is 8. The Kier molecular flexibility index (Phi) is 7.32. The van der Waals surface area contributed by atoms with E-state index in [0.717, 1.165) is 17.4 Å². The second kappa shape index (κ2) is 10.4. The van der Waals surface area contributed by atoms with Gasteiger partial charge in [0.2, 0.25) is 0 Å². The minimum Gasteiger partial charge on any atom is -0.487 e. The highest BCUT2D eigenvalue weighted by Gasteiger charge is 2.13. The van der Waals surface area contributed by atoms with E-state index in [1.54, 1.807) is 32.4 Å². The van der Waals surface area contributed by atoms with Crippen LogP contribution < -0.4 is 14.8 Å². The van der Waals surface area contributed by atoms with Crippen molar-refractivity contribution in [3.8, 4) is 11.5 Å². The Morgan fingerprint density at radius 2 is 1.66 bits per heavy atom. The molecule has 0 fully saturated rings. The number of ether oxygens (including phenoxy) is 4. The van der Waals surface area contributed by atoms with Crippen LogP contribution in [0.15, 0.2) is 42.7 Å². The van der Waals surface area contributed by atoms with E-state index < -0.39 is 0 Å². The fourth-order valence-electron chi connectivity index (χ4n) is 2.69. The summed E-state index contributed by atoms with van der Waals surface area (Å²) in [5, 5.41) is 4.00. The van der Waals surface area contributed by atoms with Gasteiger partial charge in [0.1, 0.15) is 31.6 Å². The standard InChI is InChI=1S/C21H23N3O5/c1-26-6-8-28-19-11-17-18(12-20(19)29-9-7-27-2)22-14-23-21(17)24-16-5-3-4-15(10-16)13-25/h3-5,10-14H,6-9H2,1-2H3,(H,22,23,24). The number of methoxy groups -OCH3 is 2. The monoisotopic (exact) mass is 397 g/mol. The van der Waals surface area contributed by atoms with Crippen LogP contribution in [0.25, 0.3) is 10.9 Å². The highest BCUT2D eigenvalue weighted by atomic mass is 16.5. The summed E-state index contributed by atoms with van der Waals surface area (Å²) >= 11 is 0. The lowest BCUT2D eigenvalue weighted by Crippen LogP contribution is -2.09. The maximum Gasteiger partial charge on any atom is 0.163 e. The number of aromatic nitrogens is 2. The maximum atomic E-state index is 11.0. The van der Waals surface area contributed by atoms with Gasteiger partial charge in [-0.3, -0.25) is 4.79 Å². The first-order chi connectivity index (χ1) is 14.2. The minimum absolute atomic E-state index is 0.375. The molecule has 8 heteroatoms. The molecule has 0 bridgehead atoms. The van der Waals surface area contributed by atoms with Gasteiger partial charge in [0.15, 0.2) is 11.5 Å². The molecule has 0 aliphatic carbocycles. The Balaban J connectivity index is 1.95. The highest BCUT2D eigenvalue weighted by molar-refractivity contribution is 5.93. The molecule has 0 aliphatic rings. The molecule has 2 aromatic carbocycles. The van der Waals surface area contributed by atoms with Gasteiger partial charge < -0.3 is 24.3 Å². The summed E-state index contributed by atoms with van der Waals surface area (Å²) in [6.45, 7) is 1.67. The van der Waals surface area contributed by atoms with E-state index in [9.17, 15) is 4.79 Å². The third-order valence-corrected chi connectivity index (χ3v) is 4.08. The number of carbonyl (C=O) groups excluding carboxylic acids is 1. The van der Waals surface area contributed by atoms with Crippen molar-refractivity contribution in [1.29, 1.82) is 0 Å². The summed E-state index contributed by atoms with van der Waals surface area (Å²) in [5.41, 5.74) is 2.02. The van der Waals surface area contributed by atoms with Gasteiger partial charge in [0, 0.05) is 36.9 Å². The molecule has 0 aliphatic heterocycles. The normalized spacial score (nSPS) is 10.7. The summed E-state index contributed by atoms with van der Waals surface area (Å²) in [7, 11) is 3.23. The summed E-state index contributed by atoms with van der Waals surface area (Å²) in [5.74, 6) is 1.72. The van der Waals surface area contributed by atoms with E-state index in [1.165, 1.54) is 6.33 Å². The average molecular weight is 397 g/mol. The molecule has 1 N–H and O–H groups in total. The number of nitrogens with zero attached hydrogens (tertiary/aromatic N) is 2. The molecular formula is C21H23N3O5. The van der Waals surface area contributed by atoms with E-state index in [0.29, 0.717) is 54.8 Å². The Morgan fingerprint density at radius 3 is 2.34 bits per heavy atom. The number of hydrogen-bond donors (Lipinski definition) is 1. The molecule has 0 radical (unpaired) electrons. The van der Waals surface area contributed by atoms with Crippen molar-refractivity contribution < 1.29 is 23.7 Å². The van der Waals surface area contributed by atoms with Crippen LogP contribution in [0.2, 0.25) is 0 Å². The third-order valence-electron chi connectivity index (χ3n) is 4.08. The fourth-order valence-corrected chi connectivity index (χ4v) is 2.69. The zero-order chi connectivity index (χ0) is 20.5. The van der Waals surface area contributed by atoms with Gasteiger partial charge in [0.05, 0.1) is 18.7 Å². The molecule has 1 heterocycles. The number of fused-ring (bicyclic) bond motifs is 1. The van der Waals surface area contributed by atoms with Gasteiger partial charge in [-0.05, 0) is 18.2 Å². The van der Waals surface area contributed by atoms with Crippen LogP contribution in [0.5, 0.6) is 11.5 Å². The smallest absolute Gasteiger partial charge is 0.163 e. The molecule has 29 heavy (non-hydrogen) atoms. The Hall–Kier alpha value is -3.23. The van der Waals surface area contributed by atoms with Crippen molar-refractivity contribution in [2.45, 2.75) is 0 Å². The first-order valence-corrected chi connectivity index (χ1v) is 9.09. The van der Waals surface area contributed by atoms with Crippen molar-refractivity contribution in [1.82, 2.24) is 9.97 Å².